The summed E-state index contributed by atoms with van der Waals surface area (Å²) in [6, 6.07) is 15.1. The van der Waals surface area contributed by atoms with Crippen molar-refractivity contribution in [1.29, 1.82) is 0 Å². The molecule has 4 aromatic rings. The van der Waals surface area contributed by atoms with Crippen molar-refractivity contribution in [3.8, 4) is 0 Å². The highest BCUT2D eigenvalue weighted by Gasteiger charge is 2.15. The van der Waals surface area contributed by atoms with Gasteiger partial charge in [0.2, 0.25) is 0 Å². The minimum Gasteiger partial charge on any atom is -0.334 e. The summed E-state index contributed by atoms with van der Waals surface area (Å²) in [5.74, 6) is 0.101. The third kappa shape index (κ3) is 1.53. The number of para-hydroxylation sites is 4. The molecule has 0 unspecified atom stereocenters. The molecule has 2 aromatic carbocycles. The molecule has 1 N–H and O–H groups in total. The maximum Gasteiger partial charge on any atom is 0.299 e. The van der Waals surface area contributed by atoms with Crippen LogP contribution < -0.4 is 0 Å². The van der Waals surface area contributed by atoms with E-state index in [0.717, 1.165) is 22.1 Å². The normalized spacial score (nSPS) is 11.2. The van der Waals surface area contributed by atoms with Gasteiger partial charge < -0.3 is 4.98 Å². The zero-order valence-electron chi connectivity index (χ0n) is 10.4. The Labute approximate surface area is 113 Å². The van der Waals surface area contributed by atoms with Crippen molar-refractivity contribution in [2.75, 3.05) is 0 Å². The zero-order valence-corrected chi connectivity index (χ0v) is 10.4. The second-order valence-electron chi connectivity index (χ2n) is 4.51. The lowest BCUT2D eigenvalue weighted by molar-refractivity contribution is 0.0955. The van der Waals surface area contributed by atoms with Crippen LogP contribution in [0.4, 0.5) is 0 Å². The SMILES string of the molecule is O=C(c1nc2ccccc2[nH]1)n1cnc2ccccc21. The van der Waals surface area contributed by atoms with E-state index >= 15 is 0 Å². The number of rotatable bonds is 1. The van der Waals surface area contributed by atoms with Crippen LogP contribution in [0.5, 0.6) is 0 Å². The minimum atomic E-state index is -0.213. The van der Waals surface area contributed by atoms with Crippen LogP contribution in [0.2, 0.25) is 0 Å². The molecule has 2 heterocycles. The molecule has 96 valence electrons. The van der Waals surface area contributed by atoms with Crippen molar-refractivity contribution >= 4 is 28.0 Å². The Morgan fingerprint density at radius 2 is 1.75 bits per heavy atom. The Bertz CT molecular complexity index is 902. The number of fused-ring (bicyclic) bond motifs is 2. The van der Waals surface area contributed by atoms with Gasteiger partial charge in [-0.05, 0) is 24.3 Å². The molecule has 4 rings (SSSR count). The molecule has 0 atom stereocenters. The van der Waals surface area contributed by atoms with Gasteiger partial charge in [-0.1, -0.05) is 24.3 Å². The second kappa shape index (κ2) is 4.03. The van der Waals surface area contributed by atoms with Gasteiger partial charge in [-0.15, -0.1) is 0 Å². The van der Waals surface area contributed by atoms with Crippen molar-refractivity contribution in [3.05, 3.63) is 60.7 Å². The third-order valence-corrected chi connectivity index (χ3v) is 3.26. The van der Waals surface area contributed by atoms with E-state index < -0.39 is 0 Å². The standard InChI is InChI=1S/C15H10N4O/c20-15(14-17-10-5-1-2-6-11(10)18-14)19-9-16-12-7-3-4-8-13(12)19/h1-9H,(H,17,18). The Morgan fingerprint density at radius 1 is 1.00 bits per heavy atom. The van der Waals surface area contributed by atoms with Crippen molar-refractivity contribution in [2.45, 2.75) is 0 Å². The summed E-state index contributed by atoms with van der Waals surface area (Å²) in [6.45, 7) is 0. The quantitative estimate of drug-likeness (QED) is 0.573. The average molecular weight is 262 g/mol. The van der Waals surface area contributed by atoms with E-state index in [4.69, 9.17) is 0 Å². The number of aromatic nitrogens is 4. The smallest absolute Gasteiger partial charge is 0.299 e. The Morgan fingerprint density at radius 3 is 2.60 bits per heavy atom. The number of nitrogens with one attached hydrogen (secondary N) is 1. The number of imidazole rings is 2. The number of hydrogen-bond donors (Lipinski definition) is 1. The minimum absolute atomic E-state index is 0.213. The van der Waals surface area contributed by atoms with Gasteiger partial charge in [-0.3, -0.25) is 9.36 Å². The highest BCUT2D eigenvalue weighted by Crippen LogP contribution is 2.15. The first-order chi connectivity index (χ1) is 9.83. The summed E-state index contributed by atoms with van der Waals surface area (Å²) in [4.78, 5) is 24.1. The van der Waals surface area contributed by atoms with Crippen molar-refractivity contribution in [1.82, 2.24) is 19.5 Å². The topological polar surface area (TPSA) is 63.6 Å². The Hall–Kier alpha value is -2.95. The van der Waals surface area contributed by atoms with Crippen LogP contribution in [-0.4, -0.2) is 25.4 Å². The molecule has 0 aliphatic rings. The van der Waals surface area contributed by atoms with Crippen LogP contribution in [-0.2, 0) is 0 Å². The largest absolute Gasteiger partial charge is 0.334 e. The molecule has 0 aliphatic heterocycles. The monoisotopic (exact) mass is 262 g/mol. The van der Waals surface area contributed by atoms with Crippen LogP contribution in [0, 0.1) is 0 Å². The van der Waals surface area contributed by atoms with Crippen molar-refractivity contribution < 1.29 is 4.79 Å². The van der Waals surface area contributed by atoms with E-state index in [1.165, 1.54) is 10.9 Å². The summed E-state index contributed by atoms with van der Waals surface area (Å²) in [6.07, 6.45) is 1.53. The van der Waals surface area contributed by atoms with Crippen molar-refractivity contribution in [3.63, 3.8) is 0 Å². The molecule has 0 amide bonds. The first-order valence-electron chi connectivity index (χ1n) is 6.24. The van der Waals surface area contributed by atoms with Crippen LogP contribution in [0.15, 0.2) is 54.9 Å². The summed E-state index contributed by atoms with van der Waals surface area (Å²) in [5.41, 5.74) is 3.19. The van der Waals surface area contributed by atoms with Gasteiger partial charge in [0.05, 0.1) is 22.1 Å². The summed E-state index contributed by atoms with van der Waals surface area (Å²) in [7, 11) is 0. The Balaban J connectivity index is 1.87. The van der Waals surface area contributed by atoms with Crippen LogP contribution in [0.25, 0.3) is 22.1 Å². The van der Waals surface area contributed by atoms with E-state index in [1.54, 1.807) is 0 Å². The van der Waals surface area contributed by atoms with Crippen molar-refractivity contribution in [2.24, 2.45) is 0 Å². The van der Waals surface area contributed by atoms with Crippen LogP contribution >= 0.6 is 0 Å². The number of carbonyl (C=O) groups is 1. The maximum atomic E-state index is 12.5. The van der Waals surface area contributed by atoms with Gasteiger partial charge in [0.15, 0.2) is 5.82 Å². The van der Waals surface area contributed by atoms with Crippen LogP contribution in [0.3, 0.4) is 0 Å². The zero-order chi connectivity index (χ0) is 13.5. The first kappa shape index (κ1) is 10.9. The van der Waals surface area contributed by atoms with E-state index in [9.17, 15) is 4.79 Å². The van der Waals surface area contributed by atoms with E-state index in [-0.39, 0.29) is 5.91 Å². The predicted octanol–water partition coefficient (Wildman–Crippen LogP) is 2.60. The van der Waals surface area contributed by atoms with Gasteiger partial charge in [0, 0.05) is 0 Å². The van der Waals surface area contributed by atoms with Gasteiger partial charge in [0.1, 0.15) is 6.33 Å². The van der Waals surface area contributed by atoms with Gasteiger partial charge in [-0.25, -0.2) is 9.97 Å². The second-order valence-corrected chi connectivity index (χ2v) is 4.51. The van der Waals surface area contributed by atoms with Gasteiger partial charge in [0.25, 0.3) is 5.91 Å². The molecular formula is C15H10N4O. The fourth-order valence-electron chi connectivity index (χ4n) is 2.29. The molecule has 0 saturated carbocycles. The molecule has 5 heteroatoms. The lowest BCUT2D eigenvalue weighted by Crippen LogP contribution is -2.12. The van der Waals surface area contributed by atoms with E-state index in [0.29, 0.717) is 5.82 Å². The summed E-state index contributed by atoms with van der Waals surface area (Å²) >= 11 is 0. The summed E-state index contributed by atoms with van der Waals surface area (Å²) < 4.78 is 1.51. The number of hydrogen-bond acceptors (Lipinski definition) is 3. The number of H-pyrrole nitrogens is 1. The van der Waals surface area contributed by atoms with Gasteiger partial charge >= 0.3 is 0 Å². The molecular weight excluding hydrogens is 252 g/mol. The summed E-state index contributed by atoms with van der Waals surface area (Å²) in [5, 5.41) is 0. The molecule has 0 bridgehead atoms. The first-order valence-corrected chi connectivity index (χ1v) is 6.24. The van der Waals surface area contributed by atoms with E-state index in [2.05, 4.69) is 15.0 Å². The third-order valence-electron chi connectivity index (χ3n) is 3.26. The highest BCUT2D eigenvalue weighted by atomic mass is 16.2. The molecule has 0 aliphatic carbocycles. The molecule has 20 heavy (non-hydrogen) atoms. The highest BCUT2D eigenvalue weighted by molar-refractivity contribution is 6.00. The average Bonchev–Trinajstić information content (AvgIpc) is 3.10. The number of benzene rings is 2. The molecule has 0 saturated heterocycles. The van der Waals surface area contributed by atoms with E-state index in [1.807, 2.05) is 48.5 Å². The number of aromatic amines is 1. The molecule has 2 aromatic heterocycles. The molecule has 0 radical (unpaired) electrons. The lowest BCUT2D eigenvalue weighted by atomic mass is 10.3. The lowest BCUT2D eigenvalue weighted by Gasteiger charge is -1.99. The number of carbonyl (C=O) groups excluding carboxylic acids is 1. The fourth-order valence-corrected chi connectivity index (χ4v) is 2.29. The maximum absolute atomic E-state index is 12.5. The van der Waals surface area contributed by atoms with Gasteiger partial charge in [-0.2, -0.15) is 0 Å². The molecule has 0 spiro atoms. The van der Waals surface area contributed by atoms with Crippen LogP contribution in [0.1, 0.15) is 10.6 Å². The Kier molecular flexibility index (Phi) is 2.20. The fraction of sp³-hybridized carbons (Fsp3) is 0. The number of nitrogens with zero attached hydrogens (tertiary/aromatic N) is 3. The molecule has 5 nitrogen and oxygen atoms in total. The molecule has 0 fully saturated rings. The predicted molar refractivity (Wildman–Crippen MR) is 75.6 cm³/mol.